The first-order valence-electron chi connectivity index (χ1n) is 10.4. The summed E-state index contributed by atoms with van der Waals surface area (Å²) in [5.41, 5.74) is 5.75. The monoisotopic (exact) mass is 422 g/mol. The lowest BCUT2D eigenvalue weighted by atomic mass is 10.1. The molecule has 9 nitrogen and oxygen atoms in total. The summed E-state index contributed by atoms with van der Waals surface area (Å²) < 4.78 is 0. The Morgan fingerprint density at radius 1 is 1.16 bits per heavy atom. The molecule has 2 aliphatic heterocycles. The fourth-order valence-electron chi connectivity index (χ4n) is 3.66. The Bertz CT molecular complexity index is 1040. The quantitative estimate of drug-likeness (QED) is 0.564. The first kappa shape index (κ1) is 20.7. The van der Waals surface area contributed by atoms with Crippen LogP contribution in [0.15, 0.2) is 52.5 Å². The second kappa shape index (κ2) is 9.48. The van der Waals surface area contributed by atoms with Gasteiger partial charge < -0.3 is 20.3 Å². The number of hydrazine groups is 1. The number of nitrogens with zero attached hydrogens (tertiary/aromatic N) is 3. The summed E-state index contributed by atoms with van der Waals surface area (Å²) >= 11 is 0. The molecule has 31 heavy (non-hydrogen) atoms. The van der Waals surface area contributed by atoms with E-state index < -0.39 is 0 Å². The van der Waals surface area contributed by atoms with E-state index in [4.69, 9.17) is 5.11 Å². The molecule has 1 amide bonds. The summed E-state index contributed by atoms with van der Waals surface area (Å²) in [7, 11) is 0. The van der Waals surface area contributed by atoms with Gasteiger partial charge in [0.15, 0.2) is 0 Å². The molecule has 0 aliphatic carbocycles. The predicted molar refractivity (Wildman–Crippen MR) is 121 cm³/mol. The summed E-state index contributed by atoms with van der Waals surface area (Å²) in [4.78, 5) is 30.0. The van der Waals surface area contributed by atoms with Gasteiger partial charge in [-0.15, -0.1) is 0 Å². The Morgan fingerprint density at radius 2 is 1.94 bits per heavy atom. The summed E-state index contributed by atoms with van der Waals surface area (Å²) in [5, 5.41) is 17.4. The van der Waals surface area contributed by atoms with Crippen molar-refractivity contribution in [2.75, 3.05) is 36.5 Å². The second-order valence-electron chi connectivity index (χ2n) is 7.48. The number of H-pyrrole nitrogens is 1. The van der Waals surface area contributed by atoms with Crippen LogP contribution in [0.1, 0.15) is 35.2 Å². The average molecular weight is 422 g/mol. The Morgan fingerprint density at radius 3 is 2.68 bits per heavy atom. The second-order valence-corrected chi connectivity index (χ2v) is 7.48. The van der Waals surface area contributed by atoms with Gasteiger partial charge in [0.2, 0.25) is 0 Å². The molecule has 4 rings (SSSR count). The van der Waals surface area contributed by atoms with E-state index in [9.17, 15) is 9.59 Å². The van der Waals surface area contributed by atoms with E-state index in [-0.39, 0.29) is 23.8 Å². The largest absolute Gasteiger partial charge is 0.394 e. The van der Waals surface area contributed by atoms with Gasteiger partial charge in [-0.05, 0) is 55.7 Å². The molecule has 1 aromatic carbocycles. The molecule has 4 N–H and O–H groups in total. The van der Waals surface area contributed by atoms with Crippen molar-refractivity contribution in [2.45, 2.75) is 19.3 Å². The van der Waals surface area contributed by atoms with Crippen LogP contribution in [0.5, 0.6) is 0 Å². The van der Waals surface area contributed by atoms with Crippen LogP contribution in [-0.2, 0) is 0 Å². The fraction of sp³-hybridized carbons (Fsp3) is 0.318. The minimum absolute atomic E-state index is 0.0545. The zero-order valence-corrected chi connectivity index (χ0v) is 17.2. The lowest BCUT2D eigenvalue weighted by Crippen LogP contribution is -2.36. The number of amides is 1. The van der Waals surface area contributed by atoms with Gasteiger partial charge >= 0.3 is 0 Å². The molecule has 162 valence electrons. The van der Waals surface area contributed by atoms with Crippen LogP contribution < -0.4 is 21.2 Å². The molecule has 0 saturated carbocycles. The molecule has 0 atom stereocenters. The zero-order valence-electron chi connectivity index (χ0n) is 17.2. The third-order valence-corrected chi connectivity index (χ3v) is 5.32. The maximum Gasteiger partial charge on any atom is 0.271 e. The minimum Gasteiger partial charge on any atom is -0.394 e. The van der Waals surface area contributed by atoms with Crippen LogP contribution in [0.2, 0.25) is 0 Å². The molecule has 0 unspecified atom stereocenters. The number of aromatic amines is 1. The molecule has 1 saturated heterocycles. The van der Waals surface area contributed by atoms with E-state index in [0.717, 1.165) is 18.8 Å². The number of benzene rings is 1. The number of allylic oxidation sites excluding steroid dienone is 1. The lowest BCUT2D eigenvalue weighted by Gasteiger charge is -2.28. The number of hydrazone groups is 1. The SMILES string of the molecule is O=C(Nc1cc(C2=CC=NN(CCO)N2)c[nH]c1=O)c1ccc(N2CCCCC2)cc1. The number of aliphatic hydroxyl groups excluding tert-OH is 1. The molecule has 1 aromatic heterocycles. The highest BCUT2D eigenvalue weighted by Gasteiger charge is 2.15. The Balaban J connectivity index is 1.47. The molecule has 2 aromatic rings. The number of anilines is 2. The first-order chi connectivity index (χ1) is 15.1. The zero-order chi connectivity index (χ0) is 21.6. The number of aliphatic hydroxyl groups is 1. The maximum absolute atomic E-state index is 12.7. The van der Waals surface area contributed by atoms with Gasteiger partial charge in [-0.1, -0.05) is 0 Å². The third-order valence-electron chi connectivity index (χ3n) is 5.32. The smallest absolute Gasteiger partial charge is 0.271 e. The van der Waals surface area contributed by atoms with Crippen molar-refractivity contribution >= 4 is 29.2 Å². The molecular weight excluding hydrogens is 396 g/mol. The highest BCUT2D eigenvalue weighted by molar-refractivity contribution is 6.04. The van der Waals surface area contributed by atoms with Gasteiger partial charge in [-0.3, -0.25) is 15.0 Å². The highest BCUT2D eigenvalue weighted by Crippen LogP contribution is 2.21. The molecule has 0 spiro atoms. The Hall–Kier alpha value is -3.59. The van der Waals surface area contributed by atoms with Crippen molar-refractivity contribution in [3.05, 3.63) is 64.1 Å². The number of pyridine rings is 1. The molecule has 1 fully saturated rings. The van der Waals surface area contributed by atoms with Crippen molar-refractivity contribution in [1.82, 2.24) is 15.5 Å². The van der Waals surface area contributed by atoms with Crippen molar-refractivity contribution in [3.8, 4) is 0 Å². The average Bonchev–Trinajstić information content (AvgIpc) is 2.81. The van der Waals surface area contributed by atoms with Gasteiger partial charge in [-0.2, -0.15) is 5.10 Å². The van der Waals surface area contributed by atoms with Crippen molar-refractivity contribution < 1.29 is 9.90 Å². The van der Waals surface area contributed by atoms with E-state index in [1.807, 2.05) is 12.1 Å². The molecule has 0 radical (unpaired) electrons. The van der Waals surface area contributed by atoms with Crippen LogP contribution in [0.3, 0.4) is 0 Å². The number of β-amino-alcohol motifs (C(OH)–C–C–N with tert-alkyl or cyclic N) is 1. The lowest BCUT2D eigenvalue weighted by molar-refractivity contribution is 0.102. The van der Waals surface area contributed by atoms with E-state index in [2.05, 4.69) is 25.7 Å². The summed E-state index contributed by atoms with van der Waals surface area (Å²) in [6.45, 7) is 2.34. The molecule has 0 bridgehead atoms. The first-order valence-corrected chi connectivity index (χ1v) is 10.4. The predicted octanol–water partition coefficient (Wildman–Crippen LogP) is 1.76. The number of carbonyl (C=O) groups excluding carboxylic acids is 1. The van der Waals surface area contributed by atoms with Crippen molar-refractivity contribution in [2.24, 2.45) is 5.10 Å². The number of carbonyl (C=O) groups is 1. The minimum atomic E-state index is -0.390. The van der Waals surface area contributed by atoms with Gasteiger partial charge in [0.25, 0.3) is 11.5 Å². The van der Waals surface area contributed by atoms with E-state index in [1.165, 1.54) is 24.4 Å². The van der Waals surface area contributed by atoms with Crippen LogP contribution in [0.4, 0.5) is 11.4 Å². The third kappa shape index (κ3) is 4.95. The molecule has 2 aliphatic rings. The molecule has 3 heterocycles. The number of piperidine rings is 1. The van der Waals surface area contributed by atoms with Gasteiger partial charge in [0.05, 0.1) is 25.1 Å². The molecule has 9 heteroatoms. The van der Waals surface area contributed by atoms with Crippen LogP contribution in [0.25, 0.3) is 5.70 Å². The summed E-state index contributed by atoms with van der Waals surface area (Å²) in [5.74, 6) is -0.345. The number of hydrogen-bond donors (Lipinski definition) is 4. The number of aromatic nitrogens is 1. The van der Waals surface area contributed by atoms with Crippen molar-refractivity contribution in [3.63, 3.8) is 0 Å². The Labute approximate surface area is 180 Å². The number of rotatable bonds is 6. The summed E-state index contributed by atoms with van der Waals surface area (Å²) in [6, 6.07) is 9.07. The fourth-order valence-corrected chi connectivity index (χ4v) is 3.66. The van der Waals surface area contributed by atoms with E-state index in [0.29, 0.717) is 23.4 Å². The molecular formula is C22H26N6O3. The van der Waals surface area contributed by atoms with Crippen LogP contribution >= 0.6 is 0 Å². The van der Waals surface area contributed by atoms with Crippen LogP contribution in [-0.4, -0.2) is 53.6 Å². The standard InChI is InChI=1S/C22H26N6O3/c29-13-12-28-24-9-8-19(26-28)17-14-20(22(31)23-15-17)25-21(30)16-4-6-18(7-5-16)27-10-2-1-3-11-27/h4-9,14-15,26,29H,1-3,10-13H2,(H,23,31)(H,25,30). The summed E-state index contributed by atoms with van der Waals surface area (Å²) in [6.07, 6.45) is 8.54. The maximum atomic E-state index is 12.7. The van der Waals surface area contributed by atoms with Crippen LogP contribution in [0, 0.1) is 0 Å². The Kier molecular flexibility index (Phi) is 6.32. The van der Waals surface area contributed by atoms with Gasteiger partial charge in [0.1, 0.15) is 5.69 Å². The van der Waals surface area contributed by atoms with E-state index >= 15 is 0 Å². The number of nitrogens with one attached hydrogen (secondary N) is 3. The normalized spacial score (nSPS) is 16.0. The topological polar surface area (TPSA) is 113 Å². The number of hydrogen-bond acceptors (Lipinski definition) is 7. The van der Waals surface area contributed by atoms with Gasteiger partial charge in [-0.25, -0.2) is 5.12 Å². The van der Waals surface area contributed by atoms with E-state index in [1.54, 1.807) is 36.7 Å². The highest BCUT2D eigenvalue weighted by atomic mass is 16.3. The van der Waals surface area contributed by atoms with Crippen molar-refractivity contribution in [1.29, 1.82) is 0 Å². The van der Waals surface area contributed by atoms with Gasteiger partial charge in [0, 0.05) is 36.1 Å².